The molecule has 0 amide bonds. The van der Waals surface area contributed by atoms with Gasteiger partial charge in [0, 0.05) is 6.61 Å². The molecule has 3 aliphatic rings. The first-order chi connectivity index (χ1) is 13.9. The highest BCUT2D eigenvalue weighted by Gasteiger charge is 2.57. The lowest BCUT2D eigenvalue weighted by Gasteiger charge is -2.30. The maximum Gasteiger partial charge on any atom is 0.190 e. The Balaban J connectivity index is 1.43. The van der Waals surface area contributed by atoms with E-state index in [-0.39, 0.29) is 0 Å². The summed E-state index contributed by atoms with van der Waals surface area (Å²) >= 11 is 0. The lowest BCUT2D eigenvalue weighted by molar-refractivity contribution is -0.240. The lowest BCUT2D eigenvalue weighted by atomic mass is 10.1. The average molecular weight is 395 g/mol. The van der Waals surface area contributed by atoms with E-state index in [1.165, 1.54) is 0 Å². The van der Waals surface area contributed by atoms with Crippen LogP contribution in [0.1, 0.15) is 40.0 Å². The van der Waals surface area contributed by atoms with Crippen LogP contribution in [0.5, 0.6) is 0 Å². The quantitative estimate of drug-likeness (QED) is 0.759. The minimum absolute atomic E-state index is 0.334. The monoisotopic (exact) mass is 395 g/mol. The van der Waals surface area contributed by atoms with Crippen LogP contribution in [0.4, 0.5) is 0 Å². The Morgan fingerprint density at radius 2 is 2.04 bits per heavy atom. The fourth-order valence-electron chi connectivity index (χ4n) is 3.80. The van der Waals surface area contributed by atoms with Crippen molar-refractivity contribution >= 4 is 0 Å². The van der Waals surface area contributed by atoms with Gasteiger partial charge in [0.15, 0.2) is 18.4 Å². The van der Waals surface area contributed by atoms with E-state index in [9.17, 15) is 5.11 Å². The molecule has 28 heavy (non-hydrogen) atoms. The van der Waals surface area contributed by atoms with Crippen LogP contribution in [0.15, 0.2) is 30.3 Å². The van der Waals surface area contributed by atoms with E-state index in [1.54, 1.807) is 0 Å². The molecule has 0 bridgehead atoms. The molecule has 3 aliphatic heterocycles. The summed E-state index contributed by atoms with van der Waals surface area (Å²) < 4.78 is 43.2. The van der Waals surface area contributed by atoms with E-state index >= 15 is 0 Å². The Morgan fingerprint density at radius 3 is 2.79 bits per heavy atom. The summed E-state index contributed by atoms with van der Waals surface area (Å²) in [5, 5.41) is 10.8. The maximum absolute atomic E-state index is 10.8. The van der Waals surface area contributed by atoms with Gasteiger partial charge in [-0.25, -0.2) is 0 Å². The maximum atomic E-state index is 10.8. The van der Waals surface area contributed by atoms with E-state index < -0.39 is 49.4 Å². The van der Waals surface area contributed by atoms with Crippen molar-refractivity contribution in [2.24, 2.45) is 0 Å². The molecule has 3 fully saturated rings. The number of fused-ring (bicyclic) bond motifs is 1. The first-order valence-corrected chi connectivity index (χ1v) is 9.97. The van der Waals surface area contributed by atoms with Crippen molar-refractivity contribution in [3.05, 3.63) is 35.9 Å². The van der Waals surface area contributed by atoms with Crippen LogP contribution in [-0.2, 0) is 35.0 Å². The standard InChI is InChI=1S/C21H30O7/c1-21(2)27-19-18(25-12-14-8-4-3-5-9-14)17(26-20(19)28-21)15(22)13-24-16-10-6-7-11-23-16/h3-5,8-9,15-20,22H,6-7,10-13H2,1-2H3/t15-,16?,17+,18-,19+,20+/m0/s1/i13D/t13-,15+,16?,17-,18+,19-,20-/m1. The van der Waals surface area contributed by atoms with Gasteiger partial charge in [-0.3, -0.25) is 0 Å². The Kier molecular flexibility index (Phi) is 5.92. The number of ether oxygens (including phenoxy) is 6. The number of aliphatic hydroxyl groups is 1. The summed E-state index contributed by atoms with van der Waals surface area (Å²) in [4.78, 5) is 0. The molecule has 0 radical (unpaired) electrons. The zero-order valence-electron chi connectivity index (χ0n) is 17.4. The minimum atomic E-state index is -1.23. The summed E-state index contributed by atoms with van der Waals surface area (Å²) in [5.74, 6) is -0.799. The van der Waals surface area contributed by atoms with Crippen molar-refractivity contribution < 1.29 is 34.9 Å². The minimum Gasteiger partial charge on any atom is -0.388 e. The molecule has 1 aromatic carbocycles. The van der Waals surface area contributed by atoms with E-state index in [0.29, 0.717) is 19.6 Å². The van der Waals surface area contributed by atoms with E-state index in [0.717, 1.165) is 18.4 Å². The molecule has 156 valence electrons. The van der Waals surface area contributed by atoms with Crippen LogP contribution in [0.2, 0.25) is 0 Å². The highest BCUT2D eigenvalue weighted by Crippen LogP contribution is 2.40. The zero-order chi connectivity index (χ0) is 20.4. The molecule has 7 heteroatoms. The second-order valence-corrected chi connectivity index (χ2v) is 7.89. The molecule has 0 aromatic heterocycles. The molecule has 3 heterocycles. The summed E-state index contributed by atoms with van der Waals surface area (Å²) in [6, 6.07) is 9.75. The van der Waals surface area contributed by atoms with Gasteiger partial charge in [0.25, 0.3) is 0 Å². The number of hydrogen-bond donors (Lipinski definition) is 1. The van der Waals surface area contributed by atoms with Gasteiger partial charge >= 0.3 is 0 Å². The number of rotatable bonds is 7. The Labute approximate surface area is 167 Å². The fourth-order valence-corrected chi connectivity index (χ4v) is 3.80. The molecule has 1 unspecified atom stereocenters. The smallest absolute Gasteiger partial charge is 0.190 e. The molecular formula is C21H30O7. The summed E-state index contributed by atoms with van der Waals surface area (Å²) in [5.41, 5.74) is 0.997. The van der Waals surface area contributed by atoms with E-state index in [1.807, 2.05) is 44.2 Å². The van der Waals surface area contributed by atoms with Crippen LogP contribution < -0.4 is 0 Å². The molecule has 3 saturated heterocycles. The van der Waals surface area contributed by atoms with Crippen molar-refractivity contribution in [2.75, 3.05) is 13.2 Å². The molecular weight excluding hydrogens is 364 g/mol. The van der Waals surface area contributed by atoms with E-state index in [2.05, 4.69) is 0 Å². The average Bonchev–Trinajstić information content (AvgIpc) is 3.19. The van der Waals surface area contributed by atoms with E-state index in [4.69, 9.17) is 29.8 Å². The molecule has 7 nitrogen and oxygen atoms in total. The van der Waals surface area contributed by atoms with Gasteiger partial charge in [-0.15, -0.1) is 0 Å². The molecule has 1 N–H and O–H groups in total. The van der Waals surface area contributed by atoms with Crippen LogP contribution in [-0.4, -0.2) is 61.1 Å². The summed E-state index contributed by atoms with van der Waals surface area (Å²) in [6.45, 7) is 3.34. The third-order valence-electron chi connectivity index (χ3n) is 5.16. The first kappa shape index (κ1) is 18.9. The lowest BCUT2D eigenvalue weighted by Crippen LogP contribution is -2.45. The third-order valence-corrected chi connectivity index (χ3v) is 5.16. The summed E-state index contributed by atoms with van der Waals surface area (Å²) in [7, 11) is 0. The first-order valence-electron chi connectivity index (χ1n) is 10.5. The fraction of sp³-hybridized carbons (Fsp3) is 0.714. The van der Waals surface area contributed by atoms with Crippen LogP contribution in [0.25, 0.3) is 0 Å². The highest BCUT2D eigenvalue weighted by atomic mass is 16.8. The second kappa shape index (κ2) is 8.75. The second-order valence-electron chi connectivity index (χ2n) is 7.89. The molecule has 0 aliphatic carbocycles. The molecule has 1 aromatic rings. The van der Waals surface area contributed by atoms with Gasteiger partial charge in [-0.2, -0.15) is 0 Å². The molecule has 4 rings (SSSR count). The number of benzene rings is 1. The van der Waals surface area contributed by atoms with Crippen molar-refractivity contribution in [1.29, 1.82) is 0 Å². The predicted octanol–water partition coefficient (Wildman–Crippen LogP) is 2.35. The predicted molar refractivity (Wildman–Crippen MR) is 99.3 cm³/mol. The van der Waals surface area contributed by atoms with Crippen LogP contribution in [0, 0.1) is 0 Å². The largest absolute Gasteiger partial charge is 0.388 e. The SMILES string of the molecule is [2H][C@@H](OC1CCCCO1)[C@H](O)[C@H]1O[C@@H]2OC(C)(C)O[C@@H]2[C@H]1OCc1ccccc1. The topological polar surface area (TPSA) is 75.6 Å². The van der Waals surface area contributed by atoms with Gasteiger partial charge < -0.3 is 33.5 Å². The number of hydrogen-bond acceptors (Lipinski definition) is 7. The van der Waals surface area contributed by atoms with Crippen molar-refractivity contribution in [3.63, 3.8) is 0 Å². The third kappa shape index (κ3) is 4.74. The van der Waals surface area contributed by atoms with Gasteiger partial charge in [0.05, 0.1) is 14.6 Å². The molecule has 0 saturated carbocycles. The number of aliphatic hydroxyl groups excluding tert-OH is 1. The highest BCUT2D eigenvalue weighted by molar-refractivity contribution is 5.13. The van der Waals surface area contributed by atoms with Crippen LogP contribution in [0.3, 0.4) is 0 Å². The van der Waals surface area contributed by atoms with Gasteiger partial charge in [0.1, 0.15) is 24.4 Å². The zero-order valence-corrected chi connectivity index (χ0v) is 16.4. The van der Waals surface area contributed by atoms with Crippen LogP contribution >= 0.6 is 0 Å². The Bertz CT molecular complexity index is 652. The normalized spacial score (nSPS) is 37.2. The van der Waals surface area contributed by atoms with Crippen molar-refractivity contribution in [3.8, 4) is 0 Å². The summed E-state index contributed by atoms with van der Waals surface area (Å²) in [6.07, 6.45) is -1.59. The van der Waals surface area contributed by atoms with Crippen molar-refractivity contribution in [1.82, 2.24) is 0 Å². The Hall–Kier alpha value is -1.06. The van der Waals surface area contributed by atoms with Gasteiger partial charge in [0.2, 0.25) is 0 Å². The van der Waals surface area contributed by atoms with Gasteiger partial charge in [-0.1, -0.05) is 30.3 Å². The van der Waals surface area contributed by atoms with Gasteiger partial charge in [-0.05, 0) is 38.7 Å². The van der Waals surface area contributed by atoms with Crippen molar-refractivity contribution in [2.45, 2.75) is 82.5 Å². The molecule has 7 atom stereocenters. The Morgan fingerprint density at radius 1 is 1.21 bits per heavy atom. The molecule has 0 spiro atoms.